The molecule has 1 saturated heterocycles. The normalized spacial score (nSPS) is 14.8. The second kappa shape index (κ2) is 13.5. The van der Waals surface area contributed by atoms with E-state index in [1.54, 1.807) is 37.4 Å². The van der Waals surface area contributed by atoms with Crippen molar-refractivity contribution < 1.29 is 23.4 Å². The van der Waals surface area contributed by atoms with Gasteiger partial charge in [-0.25, -0.2) is 9.97 Å². The van der Waals surface area contributed by atoms with Crippen LogP contribution in [0.15, 0.2) is 46.4 Å². The molecule has 0 bridgehead atoms. The number of methoxy groups -OCH3 is 1. The molecule has 3 heterocycles. The Morgan fingerprint density at radius 3 is 2.56 bits per heavy atom. The first-order valence-corrected chi connectivity index (χ1v) is 15.3. The molecule has 1 amide bonds. The summed E-state index contributed by atoms with van der Waals surface area (Å²) in [6.07, 6.45) is 2.57. The summed E-state index contributed by atoms with van der Waals surface area (Å²) in [4.78, 5) is 25.6. The van der Waals surface area contributed by atoms with Crippen molar-refractivity contribution in [2.45, 2.75) is 24.2 Å². The van der Waals surface area contributed by atoms with Gasteiger partial charge in [0.2, 0.25) is 5.88 Å². The van der Waals surface area contributed by atoms with E-state index >= 15 is 0 Å². The molecular weight excluding hydrogens is 540 g/mol. The Kier molecular flexibility index (Phi) is 10.1. The molecule has 0 unspecified atom stereocenters. The van der Waals surface area contributed by atoms with Crippen molar-refractivity contribution in [3.8, 4) is 5.88 Å². The predicted molar refractivity (Wildman–Crippen MR) is 156 cm³/mol. The van der Waals surface area contributed by atoms with Gasteiger partial charge in [-0.05, 0) is 51.6 Å². The molecule has 39 heavy (non-hydrogen) atoms. The molecule has 0 radical (unpaired) electrons. The summed E-state index contributed by atoms with van der Waals surface area (Å²) < 4.78 is 31.9. The van der Waals surface area contributed by atoms with Gasteiger partial charge in [0.1, 0.15) is 17.0 Å². The molecule has 1 aliphatic heterocycles. The lowest BCUT2D eigenvalue weighted by molar-refractivity contribution is -0.110. The van der Waals surface area contributed by atoms with E-state index in [0.717, 1.165) is 32.5 Å². The molecule has 3 N–H and O–H groups in total. The number of carbonyl (C=O) groups excluding carboxylic acids is 1. The standard InChI is InChI=1S/C26H36N6O5S2/c1-31(2)15-17-37-22-12-11-21-25(28-22)38-26(27-21)29-24(33)23(30-32-13-4-5-14-32)19-7-9-20(10-8-19)39(34,35)18-6-16-36-3/h7-12,34-35H,4-6,13-18H2,1-3H3,(H,27,29,33)/b30-23+. The van der Waals surface area contributed by atoms with Crippen LogP contribution in [-0.4, -0.2) is 100 Å². The maximum atomic E-state index is 13.4. The van der Waals surface area contributed by atoms with Crippen LogP contribution in [0.5, 0.6) is 5.88 Å². The lowest BCUT2D eigenvalue weighted by Gasteiger charge is -2.32. The van der Waals surface area contributed by atoms with Crippen LogP contribution in [0.3, 0.4) is 0 Å². The average molecular weight is 577 g/mol. The highest BCUT2D eigenvalue weighted by molar-refractivity contribution is 8.24. The number of pyridine rings is 1. The molecule has 0 saturated carbocycles. The fraction of sp³-hybridized carbons (Fsp3) is 0.462. The monoisotopic (exact) mass is 576 g/mol. The average Bonchev–Trinajstić information content (AvgIpc) is 3.56. The second-order valence-corrected chi connectivity index (χ2v) is 12.6. The minimum absolute atomic E-state index is 0.212. The van der Waals surface area contributed by atoms with Gasteiger partial charge in [0.05, 0.1) is 4.90 Å². The number of likely N-dealkylation sites (N-methyl/N-ethyl adjacent to an activating group) is 1. The molecule has 0 aliphatic carbocycles. The van der Waals surface area contributed by atoms with Gasteiger partial charge in [-0.2, -0.15) is 15.7 Å². The molecule has 11 nitrogen and oxygen atoms in total. The summed E-state index contributed by atoms with van der Waals surface area (Å²) in [6, 6.07) is 10.3. The number of thiazole rings is 1. The first kappa shape index (κ1) is 29.2. The number of fused-ring (bicyclic) bond motifs is 1. The number of benzene rings is 1. The van der Waals surface area contributed by atoms with Gasteiger partial charge in [0.15, 0.2) is 10.8 Å². The summed E-state index contributed by atoms with van der Waals surface area (Å²) in [6.45, 7) is 3.29. The number of anilines is 1. The molecule has 0 spiro atoms. The van der Waals surface area contributed by atoms with Gasteiger partial charge in [-0.15, -0.1) is 0 Å². The number of ether oxygens (including phenoxy) is 2. The first-order chi connectivity index (χ1) is 18.7. The lowest BCUT2D eigenvalue weighted by Crippen LogP contribution is -2.27. The number of nitrogens with zero attached hydrogens (tertiary/aromatic N) is 5. The molecule has 1 aliphatic rings. The van der Waals surface area contributed by atoms with E-state index < -0.39 is 16.5 Å². The Bertz CT molecular complexity index is 1280. The quantitative estimate of drug-likeness (QED) is 0.202. The van der Waals surface area contributed by atoms with Gasteiger partial charge >= 0.3 is 0 Å². The van der Waals surface area contributed by atoms with Crippen LogP contribution in [-0.2, 0) is 9.53 Å². The minimum Gasteiger partial charge on any atom is -0.476 e. The summed E-state index contributed by atoms with van der Waals surface area (Å²) in [5.74, 6) is 0.321. The third-order valence-electron chi connectivity index (χ3n) is 6.06. The van der Waals surface area contributed by atoms with Crippen molar-refractivity contribution in [3.05, 3.63) is 42.0 Å². The molecule has 13 heteroatoms. The fourth-order valence-corrected chi connectivity index (χ4v) is 6.11. The number of hydrogen-bond donors (Lipinski definition) is 3. The molecule has 0 atom stereocenters. The van der Waals surface area contributed by atoms with Crippen molar-refractivity contribution in [1.82, 2.24) is 19.9 Å². The van der Waals surface area contributed by atoms with Crippen LogP contribution in [0, 0.1) is 0 Å². The number of amides is 1. The van der Waals surface area contributed by atoms with Crippen molar-refractivity contribution in [2.75, 3.05) is 65.1 Å². The maximum Gasteiger partial charge on any atom is 0.278 e. The van der Waals surface area contributed by atoms with Crippen molar-refractivity contribution in [1.29, 1.82) is 0 Å². The van der Waals surface area contributed by atoms with E-state index in [2.05, 4.69) is 20.4 Å². The van der Waals surface area contributed by atoms with Crippen LogP contribution in [0.1, 0.15) is 24.8 Å². The highest BCUT2D eigenvalue weighted by Crippen LogP contribution is 2.48. The number of rotatable bonds is 13. The van der Waals surface area contributed by atoms with Gasteiger partial charge in [0, 0.05) is 50.7 Å². The number of aromatic nitrogens is 2. The highest BCUT2D eigenvalue weighted by Gasteiger charge is 2.22. The number of nitrogens with one attached hydrogen (secondary N) is 1. The second-order valence-electron chi connectivity index (χ2n) is 9.45. The fourth-order valence-electron chi connectivity index (χ4n) is 3.95. The molecule has 1 aromatic carbocycles. The van der Waals surface area contributed by atoms with Crippen LogP contribution in [0.2, 0.25) is 0 Å². The zero-order chi connectivity index (χ0) is 27.8. The van der Waals surface area contributed by atoms with Crippen molar-refractivity contribution in [3.63, 3.8) is 0 Å². The molecular formula is C26H36N6O5S2. The van der Waals surface area contributed by atoms with Crippen LogP contribution < -0.4 is 10.1 Å². The van der Waals surface area contributed by atoms with E-state index in [0.29, 0.717) is 51.5 Å². The number of carbonyl (C=O) groups is 1. The predicted octanol–water partition coefficient (Wildman–Crippen LogP) is 4.22. The van der Waals surface area contributed by atoms with Gasteiger partial charge in [-0.3, -0.25) is 24.2 Å². The third kappa shape index (κ3) is 8.10. The maximum absolute atomic E-state index is 13.4. The SMILES string of the molecule is COCCCS(O)(O)c1ccc(/C(=N\N2CCCC2)C(=O)Nc2nc3ccc(OCCN(C)C)nc3s2)cc1. The van der Waals surface area contributed by atoms with E-state index in [9.17, 15) is 13.9 Å². The van der Waals surface area contributed by atoms with Gasteiger partial charge in [-0.1, -0.05) is 23.5 Å². The van der Waals surface area contributed by atoms with Gasteiger partial charge in [0.25, 0.3) is 5.91 Å². The van der Waals surface area contributed by atoms with Crippen LogP contribution in [0.4, 0.5) is 5.13 Å². The minimum atomic E-state index is -2.95. The zero-order valence-corrected chi connectivity index (χ0v) is 24.1. The lowest BCUT2D eigenvalue weighted by atomic mass is 10.1. The first-order valence-electron chi connectivity index (χ1n) is 12.8. The van der Waals surface area contributed by atoms with Gasteiger partial charge < -0.3 is 14.4 Å². The van der Waals surface area contributed by atoms with E-state index in [-0.39, 0.29) is 11.5 Å². The summed E-state index contributed by atoms with van der Waals surface area (Å²) in [5.41, 5.74) is 1.47. The summed E-state index contributed by atoms with van der Waals surface area (Å²) >= 11 is 1.26. The highest BCUT2D eigenvalue weighted by atomic mass is 32.3. The van der Waals surface area contributed by atoms with E-state index in [4.69, 9.17) is 9.47 Å². The molecule has 4 rings (SSSR count). The zero-order valence-electron chi connectivity index (χ0n) is 22.5. The van der Waals surface area contributed by atoms with Crippen molar-refractivity contribution >= 4 is 49.0 Å². The Hall–Kier alpha value is -2.81. The Morgan fingerprint density at radius 1 is 1.13 bits per heavy atom. The molecule has 212 valence electrons. The Balaban J connectivity index is 1.51. The molecule has 3 aromatic rings. The molecule has 1 fully saturated rings. The Morgan fingerprint density at radius 2 is 1.87 bits per heavy atom. The molecule has 2 aromatic heterocycles. The number of hydrogen-bond acceptors (Lipinski definition) is 11. The Labute approximate surface area is 234 Å². The smallest absolute Gasteiger partial charge is 0.278 e. The topological polar surface area (TPSA) is 133 Å². The van der Waals surface area contributed by atoms with Crippen LogP contribution in [0.25, 0.3) is 10.3 Å². The van der Waals surface area contributed by atoms with E-state index in [1.807, 2.05) is 30.1 Å². The van der Waals surface area contributed by atoms with Crippen molar-refractivity contribution in [2.24, 2.45) is 5.10 Å². The largest absolute Gasteiger partial charge is 0.476 e. The summed E-state index contributed by atoms with van der Waals surface area (Å²) in [5, 5.41) is 9.82. The summed E-state index contributed by atoms with van der Waals surface area (Å²) in [7, 11) is 2.58. The number of hydrazone groups is 1. The van der Waals surface area contributed by atoms with E-state index in [1.165, 1.54) is 11.3 Å². The van der Waals surface area contributed by atoms with Crippen LogP contribution >= 0.6 is 21.9 Å². The third-order valence-corrected chi connectivity index (χ3v) is 8.83.